The third kappa shape index (κ3) is 0.762. The van der Waals surface area contributed by atoms with Crippen molar-refractivity contribution in [2.24, 2.45) is 0 Å². The summed E-state index contributed by atoms with van der Waals surface area (Å²) in [5.74, 6) is 0. The van der Waals surface area contributed by atoms with E-state index in [1.807, 2.05) is 0 Å². The zero-order valence-electron chi connectivity index (χ0n) is 3.08. The molecule has 0 aromatic carbocycles. The summed E-state index contributed by atoms with van der Waals surface area (Å²) >= 11 is 3.60. The third-order valence-corrected chi connectivity index (χ3v) is 5.85. The lowest BCUT2D eigenvalue weighted by Crippen LogP contribution is -2.11. The average molecular weight is 151 g/mol. The first-order valence-electron chi connectivity index (χ1n) is 2.03. The van der Waals surface area contributed by atoms with Crippen LogP contribution in [0.4, 0.5) is 0 Å². The van der Waals surface area contributed by atoms with Crippen LogP contribution in [0.25, 0.3) is 0 Å². The predicted octanol–water partition coefficient (Wildman–Crippen LogP) is 1.51. The fourth-order valence-corrected chi connectivity index (χ4v) is 3.02. The summed E-state index contributed by atoms with van der Waals surface area (Å²) in [4.78, 5) is 0. The van der Waals surface area contributed by atoms with Crippen LogP contribution in [0.1, 0.15) is 6.42 Å². The summed E-state index contributed by atoms with van der Waals surface area (Å²) in [7, 11) is -0.157. The molecule has 0 aliphatic carbocycles. The minimum absolute atomic E-state index is 0.157. The summed E-state index contributed by atoms with van der Waals surface area (Å²) in [5.41, 5.74) is 0. The van der Waals surface area contributed by atoms with Gasteiger partial charge in [0.1, 0.15) is 7.42 Å². The number of rotatable bonds is 0. The largest absolute Gasteiger partial charge is 0.131 e. The van der Waals surface area contributed by atoms with Crippen LogP contribution in [0.15, 0.2) is 0 Å². The van der Waals surface area contributed by atoms with Crippen LogP contribution in [0, 0.1) is 0 Å². The zero-order chi connectivity index (χ0) is 3.70. The van der Waals surface area contributed by atoms with Gasteiger partial charge in [0, 0.05) is 0 Å². The molecule has 0 amide bonds. The Morgan fingerprint density at radius 2 is 1.80 bits per heavy atom. The van der Waals surface area contributed by atoms with E-state index < -0.39 is 0 Å². The molecule has 1 rings (SSSR count). The topological polar surface area (TPSA) is 0 Å². The molecule has 2 heteroatoms. The second-order valence-corrected chi connectivity index (χ2v) is 7.76. The van der Waals surface area contributed by atoms with E-state index in [1.165, 1.54) is 6.42 Å². The van der Waals surface area contributed by atoms with Gasteiger partial charge in [0.25, 0.3) is 0 Å². The maximum absolute atomic E-state index is 3.60. The number of hydrogen-bond acceptors (Lipinski definition) is 0. The first-order valence-corrected chi connectivity index (χ1v) is 6.85. The average Bonchev–Trinajstić information content (AvgIpc) is 1.30. The van der Waals surface area contributed by atoms with Crippen LogP contribution in [0.2, 0.25) is 12.1 Å². The molecule has 1 aliphatic heterocycles. The Labute approximate surface area is 41.8 Å². The fourth-order valence-electron chi connectivity index (χ4n) is 0.358. The highest BCUT2D eigenvalue weighted by Gasteiger charge is 2.13. The van der Waals surface area contributed by atoms with Crippen LogP contribution in [-0.2, 0) is 0 Å². The standard InChI is InChI=1S/C3H7BrSi/c4-5-2-1-3-5/h5H,1-3H2. The molecule has 0 atom stereocenters. The maximum atomic E-state index is 3.60. The van der Waals surface area contributed by atoms with E-state index in [9.17, 15) is 0 Å². The van der Waals surface area contributed by atoms with Gasteiger partial charge in [0.15, 0.2) is 0 Å². The Kier molecular flexibility index (Phi) is 1.11. The van der Waals surface area contributed by atoms with Crippen LogP contribution in [-0.4, -0.2) is 7.42 Å². The van der Waals surface area contributed by atoms with E-state index >= 15 is 0 Å². The SMILES string of the molecule is Br[SiH]1CCC1. The van der Waals surface area contributed by atoms with Gasteiger partial charge < -0.3 is 0 Å². The summed E-state index contributed by atoms with van der Waals surface area (Å²) < 4.78 is 0. The summed E-state index contributed by atoms with van der Waals surface area (Å²) in [6, 6.07) is 3.08. The van der Waals surface area contributed by atoms with Gasteiger partial charge in [0.05, 0.1) is 0 Å². The Hall–Kier alpha value is 0.697. The summed E-state index contributed by atoms with van der Waals surface area (Å²) in [6.07, 6.45) is 1.50. The second-order valence-electron chi connectivity index (χ2n) is 1.53. The molecular formula is C3H7BrSi. The predicted molar refractivity (Wildman–Crippen MR) is 30.3 cm³/mol. The molecule has 0 radical (unpaired) electrons. The Bertz CT molecular complexity index is 33.9. The van der Waals surface area contributed by atoms with Gasteiger partial charge in [0.2, 0.25) is 0 Å². The molecule has 0 unspecified atom stereocenters. The third-order valence-electron chi connectivity index (χ3n) is 1.03. The normalized spacial score (nSPS) is 25.8. The van der Waals surface area contributed by atoms with E-state index in [0.29, 0.717) is 0 Å². The Morgan fingerprint density at radius 3 is 1.80 bits per heavy atom. The second kappa shape index (κ2) is 1.43. The number of halogens is 1. The highest BCUT2D eigenvalue weighted by atomic mass is 79.9. The Morgan fingerprint density at radius 1 is 1.40 bits per heavy atom. The van der Waals surface area contributed by atoms with Crippen LogP contribution in [0.5, 0.6) is 0 Å². The fraction of sp³-hybridized carbons (Fsp3) is 1.00. The van der Waals surface area contributed by atoms with Crippen LogP contribution in [0.3, 0.4) is 0 Å². The van der Waals surface area contributed by atoms with E-state index in [0.717, 1.165) is 0 Å². The van der Waals surface area contributed by atoms with Gasteiger partial charge in [-0.15, -0.1) is 15.3 Å². The van der Waals surface area contributed by atoms with Crippen LogP contribution < -0.4 is 0 Å². The van der Waals surface area contributed by atoms with Crippen molar-refractivity contribution in [2.45, 2.75) is 18.5 Å². The molecule has 0 nitrogen and oxygen atoms in total. The van der Waals surface area contributed by atoms with Gasteiger partial charge in [-0.1, -0.05) is 18.5 Å². The van der Waals surface area contributed by atoms with E-state index in [-0.39, 0.29) is 7.42 Å². The minimum Gasteiger partial charge on any atom is -0.131 e. The molecule has 1 saturated heterocycles. The van der Waals surface area contributed by atoms with Gasteiger partial charge in [-0.2, -0.15) is 0 Å². The number of hydrogen-bond donors (Lipinski definition) is 0. The van der Waals surface area contributed by atoms with Gasteiger partial charge in [-0.05, 0) is 0 Å². The molecule has 0 bridgehead atoms. The lowest BCUT2D eigenvalue weighted by Gasteiger charge is -2.14. The molecule has 1 aliphatic rings. The molecule has 0 aromatic rings. The van der Waals surface area contributed by atoms with E-state index in [4.69, 9.17) is 0 Å². The molecule has 0 spiro atoms. The molecule has 0 aromatic heterocycles. The molecule has 5 heavy (non-hydrogen) atoms. The minimum atomic E-state index is -0.157. The monoisotopic (exact) mass is 150 g/mol. The van der Waals surface area contributed by atoms with E-state index in [2.05, 4.69) is 15.3 Å². The van der Waals surface area contributed by atoms with Crippen molar-refractivity contribution in [3.05, 3.63) is 0 Å². The lowest BCUT2D eigenvalue weighted by atomic mass is 10.5. The lowest BCUT2D eigenvalue weighted by molar-refractivity contribution is 0.965. The van der Waals surface area contributed by atoms with Crippen molar-refractivity contribution in [2.75, 3.05) is 0 Å². The molecule has 1 fully saturated rings. The first-order chi connectivity index (χ1) is 2.39. The molecule has 1 heterocycles. The highest BCUT2D eigenvalue weighted by Crippen LogP contribution is 2.23. The molecule has 0 N–H and O–H groups in total. The van der Waals surface area contributed by atoms with E-state index in [1.54, 1.807) is 12.1 Å². The van der Waals surface area contributed by atoms with Crippen molar-refractivity contribution in [1.29, 1.82) is 0 Å². The van der Waals surface area contributed by atoms with Gasteiger partial charge in [-0.3, -0.25) is 0 Å². The van der Waals surface area contributed by atoms with Crippen molar-refractivity contribution in [1.82, 2.24) is 0 Å². The maximum Gasteiger partial charge on any atom is 0.114 e. The molecule has 30 valence electrons. The van der Waals surface area contributed by atoms with Crippen molar-refractivity contribution >= 4 is 22.7 Å². The molecule has 0 saturated carbocycles. The quantitative estimate of drug-likeness (QED) is 0.363. The van der Waals surface area contributed by atoms with Crippen molar-refractivity contribution < 1.29 is 0 Å². The summed E-state index contributed by atoms with van der Waals surface area (Å²) in [6.45, 7) is 0. The first kappa shape index (κ1) is 3.87. The summed E-state index contributed by atoms with van der Waals surface area (Å²) in [5, 5.41) is 0. The molecular weight excluding hydrogens is 144 g/mol. The van der Waals surface area contributed by atoms with Crippen LogP contribution >= 0.6 is 15.3 Å². The van der Waals surface area contributed by atoms with Crippen molar-refractivity contribution in [3.63, 3.8) is 0 Å². The van der Waals surface area contributed by atoms with Gasteiger partial charge in [-0.25, -0.2) is 0 Å². The highest BCUT2D eigenvalue weighted by molar-refractivity contribution is 9.24. The van der Waals surface area contributed by atoms with Gasteiger partial charge >= 0.3 is 0 Å². The van der Waals surface area contributed by atoms with Crippen molar-refractivity contribution in [3.8, 4) is 0 Å². The smallest absolute Gasteiger partial charge is 0.114 e. The zero-order valence-corrected chi connectivity index (χ0v) is 5.82. The Balaban J connectivity index is 2.08.